The van der Waals surface area contributed by atoms with E-state index in [0.29, 0.717) is 30.9 Å². The zero-order chi connectivity index (χ0) is 13.0. The van der Waals surface area contributed by atoms with Gasteiger partial charge in [-0.25, -0.2) is 4.39 Å². The van der Waals surface area contributed by atoms with Crippen molar-refractivity contribution in [3.05, 3.63) is 24.3 Å². The third kappa shape index (κ3) is 2.61. The quantitative estimate of drug-likeness (QED) is 0.860. The molecule has 1 aliphatic heterocycles. The van der Waals surface area contributed by atoms with E-state index in [1.165, 1.54) is 0 Å². The molecule has 1 unspecified atom stereocenters. The first kappa shape index (κ1) is 12.8. The molecule has 2 rings (SSSR count). The van der Waals surface area contributed by atoms with Gasteiger partial charge in [0, 0.05) is 13.0 Å². The minimum Gasteiger partial charge on any atom is -0.489 e. The number of hydrogen-bond acceptors (Lipinski definition) is 3. The molecule has 4 nitrogen and oxygen atoms in total. The molecule has 0 radical (unpaired) electrons. The molecule has 1 fully saturated rings. The van der Waals surface area contributed by atoms with E-state index in [-0.39, 0.29) is 18.4 Å². The molecule has 0 saturated carbocycles. The largest absolute Gasteiger partial charge is 0.489 e. The fraction of sp³-hybridized carbons (Fsp3) is 0.462. The molecule has 5 heteroatoms. The zero-order valence-electron chi connectivity index (χ0n) is 10.1. The van der Waals surface area contributed by atoms with Gasteiger partial charge in [-0.15, -0.1) is 0 Å². The van der Waals surface area contributed by atoms with Gasteiger partial charge in [-0.05, 0) is 24.6 Å². The average Bonchev–Trinajstić information content (AvgIpc) is 2.78. The Bertz CT molecular complexity index is 425. The number of hydrogen-bond donors (Lipinski definition) is 1. The lowest BCUT2D eigenvalue weighted by molar-refractivity contribution is -0.117. The van der Waals surface area contributed by atoms with Crippen LogP contribution in [-0.2, 0) is 4.79 Å². The molecule has 1 heterocycles. The summed E-state index contributed by atoms with van der Waals surface area (Å²) in [7, 11) is 0. The lowest BCUT2D eigenvalue weighted by Crippen LogP contribution is -2.26. The number of amides is 1. The molecule has 0 aliphatic carbocycles. The maximum atomic E-state index is 12.2. The van der Waals surface area contributed by atoms with Crippen molar-refractivity contribution in [3.8, 4) is 5.75 Å². The number of benzene rings is 1. The van der Waals surface area contributed by atoms with Crippen LogP contribution < -0.4 is 15.4 Å². The van der Waals surface area contributed by atoms with E-state index in [1.54, 1.807) is 17.0 Å². The minimum absolute atomic E-state index is 0.000634. The van der Waals surface area contributed by atoms with Gasteiger partial charge in [-0.1, -0.05) is 12.1 Å². The highest BCUT2D eigenvalue weighted by Crippen LogP contribution is 2.32. The number of halogens is 1. The predicted molar refractivity (Wildman–Crippen MR) is 67.4 cm³/mol. The summed E-state index contributed by atoms with van der Waals surface area (Å²) in [6.45, 7) is 0.550. The van der Waals surface area contributed by atoms with Crippen molar-refractivity contribution < 1.29 is 13.9 Å². The molecular weight excluding hydrogens is 235 g/mol. The van der Waals surface area contributed by atoms with Gasteiger partial charge < -0.3 is 15.4 Å². The zero-order valence-corrected chi connectivity index (χ0v) is 10.1. The number of carbonyl (C=O) groups is 1. The van der Waals surface area contributed by atoms with Crippen LogP contribution in [0, 0.1) is 5.92 Å². The summed E-state index contributed by atoms with van der Waals surface area (Å²) in [5.74, 6) is 0.773. The van der Waals surface area contributed by atoms with Crippen molar-refractivity contribution in [3.63, 3.8) is 0 Å². The average molecular weight is 252 g/mol. The first-order valence-corrected chi connectivity index (χ1v) is 6.04. The molecule has 1 atom stereocenters. The van der Waals surface area contributed by atoms with Gasteiger partial charge in [0.25, 0.3) is 0 Å². The monoisotopic (exact) mass is 252 g/mol. The lowest BCUT2D eigenvalue weighted by Gasteiger charge is -2.20. The van der Waals surface area contributed by atoms with Gasteiger partial charge in [-0.3, -0.25) is 4.79 Å². The van der Waals surface area contributed by atoms with Crippen molar-refractivity contribution in [2.75, 3.05) is 31.3 Å². The molecule has 1 aromatic carbocycles. The third-order valence-electron chi connectivity index (χ3n) is 3.03. The van der Waals surface area contributed by atoms with Gasteiger partial charge in [0.2, 0.25) is 5.91 Å². The molecule has 0 bridgehead atoms. The van der Waals surface area contributed by atoms with E-state index >= 15 is 0 Å². The fourth-order valence-electron chi connectivity index (χ4n) is 2.12. The van der Waals surface area contributed by atoms with Gasteiger partial charge in [0.05, 0.1) is 5.69 Å². The maximum Gasteiger partial charge on any atom is 0.227 e. The normalized spacial score (nSPS) is 19.3. The molecule has 98 valence electrons. The summed E-state index contributed by atoms with van der Waals surface area (Å²) in [5, 5.41) is 0. The molecule has 18 heavy (non-hydrogen) atoms. The Hall–Kier alpha value is -1.62. The first-order valence-electron chi connectivity index (χ1n) is 6.04. The van der Waals surface area contributed by atoms with Gasteiger partial charge >= 0.3 is 0 Å². The highest BCUT2D eigenvalue weighted by Gasteiger charge is 2.31. The Morgan fingerprint density at radius 2 is 2.22 bits per heavy atom. The highest BCUT2D eigenvalue weighted by molar-refractivity contribution is 5.97. The van der Waals surface area contributed by atoms with E-state index in [2.05, 4.69) is 0 Å². The Balaban J connectivity index is 2.19. The van der Waals surface area contributed by atoms with Crippen LogP contribution in [0.5, 0.6) is 5.75 Å². The Kier molecular flexibility index (Phi) is 4.15. The van der Waals surface area contributed by atoms with Crippen LogP contribution in [0.25, 0.3) is 0 Å². The van der Waals surface area contributed by atoms with Crippen LogP contribution in [0.3, 0.4) is 0 Å². The summed E-state index contributed by atoms with van der Waals surface area (Å²) in [6, 6.07) is 7.19. The Morgan fingerprint density at radius 1 is 1.44 bits per heavy atom. The summed E-state index contributed by atoms with van der Waals surface area (Å²) < 4.78 is 17.5. The number of carbonyl (C=O) groups excluding carboxylic acids is 1. The minimum atomic E-state index is -0.548. The molecule has 0 spiro atoms. The van der Waals surface area contributed by atoms with E-state index in [1.807, 2.05) is 12.1 Å². The van der Waals surface area contributed by atoms with E-state index in [0.717, 1.165) is 0 Å². The first-order chi connectivity index (χ1) is 8.76. The topological polar surface area (TPSA) is 55.6 Å². The summed E-state index contributed by atoms with van der Waals surface area (Å²) in [6.07, 6.45) is 0.466. The number of alkyl halides is 1. The predicted octanol–water partition coefficient (Wildman–Crippen LogP) is 1.35. The third-order valence-corrected chi connectivity index (χ3v) is 3.03. The molecule has 1 aliphatic rings. The number of para-hydroxylation sites is 2. The Labute approximate surface area is 106 Å². The fourth-order valence-corrected chi connectivity index (χ4v) is 2.12. The van der Waals surface area contributed by atoms with Crippen LogP contribution >= 0.6 is 0 Å². The highest BCUT2D eigenvalue weighted by atomic mass is 19.1. The van der Waals surface area contributed by atoms with Crippen molar-refractivity contribution >= 4 is 11.6 Å². The van der Waals surface area contributed by atoms with Crippen molar-refractivity contribution in [1.29, 1.82) is 0 Å². The summed E-state index contributed by atoms with van der Waals surface area (Å²) >= 11 is 0. The molecule has 1 saturated heterocycles. The van der Waals surface area contributed by atoms with E-state index in [4.69, 9.17) is 10.5 Å². The number of anilines is 1. The van der Waals surface area contributed by atoms with E-state index in [9.17, 15) is 9.18 Å². The number of ether oxygens (including phenoxy) is 1. The summed E-state index contributed by atoms with van der Waals surface area (Å²) in [5.41, 5.74) is 6.30. The van der Waals surface area contributed by atoms with Crippen LogP contribution in [-0.4, -0.2) is 32.3 Å². The van der Waals surface area contributed by atoms with E-state index < -0.39 is 6.67 Å². The van der Waals surface area contributed by atoms with Crippen LogP contribution in [0.2, 0.25) is 0 Å². The summed E-state index contributed by atoms with van der Waals surface area (Å²) in [4.78, 5) is 13.6. The van der Waals surface area contributed by atoms with Crippen LogP contribution in [0.1, 0.15) is 6.42 Å². The smallest absolute Gasteiger partial charge is 0.227 e. The second kappa shape index (κ2) is 5.82. The molecule has 1 aromatic rings. The molecule has 2 N–H and O–H groups in total. The number of nitrogens with two attached hydrogens (primary N) is 1. The van der Waals surface area contributed by atoms with Crippen LogP contribution in [0.4, 0.5) is 10.1 Å². The molecule has 0 aromatic heterocycles. The van der Waals surface area contributed by atoms with Crippen molar-refractivity contribution in [2.24, 2.45) is 11.7 Å². The maximum absolute atomic E-state index is 12.2. The van der Waals surface area contributed by atoms with Gasteiger partial charge in [-0.2, -0.15) is 0 Å². The van der Waals surface area contributed by atoms with Gasteiger partial charge in [0.15, 0.2) is 0 Å². The van der Waals surface area contributed by atoms with Gasteiger partial charge in [0.1, 0.15) is 19.0 Å². The number of rotatable bonds is 5. The van der Waals surface area contributed by atoms with Crippen molar-refractivity contribution in [1.82, 2.24) is 0 Å². The molecule has 1 amide bonds. The molecular formula is C13H17FN2O2. The SMILES string of the molecule is NCC1CC(=O)N(c2ccccc2OCCF)C1. The second-order valence-electron chi connectivity index (χ2n) is 4.32. The Morgan fingerprint density at radius 3 is 2.89 bits per heavy atom. The lowest BCUT2D eigenvalue weighted by atomic mass is 10.1. The van der Waals surface area contributed by atoms with Crippen molar-refractivity contribution in [2.45, 2.75) is 6.42 Å². The van der Waals surface area contributed by atoms with Crippen LogP contribution in [0.15, 0.2) is 24.3 Å². The second-order valence-corrected chi connectivity index (χ2v) is 4.32. The standard InChI is InChI=1S/C13H17FN2O2/c14-5-6-18-12-4-2-1-3-11(12)16-9-10(8-15)7-13(16)17/h1-4,10H,5-9,15H2. The number of nitrogens with zero attached hydrogens (tertiary/aromatic N) is 1.